The number of carbonyl (C=O) groups is 1. The molecule has 1 amide bonds. The number of benzene rings is 2. The zero-order valence-corrected chi connectivity index (χ0v) is 16.8. The lowest BCUT2D eigenvalue weighted by Crippen LogP contribution is -2.23. The van der Waals surface area contributed by atoms with E-state index in [1.54, 1.807) is 13.0 Å². The van der Waals surface area contributed by atoms with Crippen molar-refractivity contribution in [3.8, 4) is 0 Å². The molecule has 0 unspecified atom stereocenters. The number of amides is 1. The number of sulfonamides is 1. The van der Waals surface area contributed by atoms with Crippen LogP contribution in [0.3, 0.4) is 0 Å². The SMILES string of the molecule is C=CCn1c(S[C@@H](C)C(=O)Nc2ccc(S(N)(=O)=O)cc2)nc2ccccc21. The standard InChI is InChI=1S/C19H20N4O3S2/c1-3-12-23-17-7-5-4-6-16(17)22-19(23)27-13(2)18(24)21-14-8-10-15(11-9-14)28(20,25)26/h3-11,13H,1,12H2,2H3,(H,21,24)(H2,20,25,26)/t13-/m0/s1. The Bertz CT molecular complexity index is 1120. The van der Waals surface area contributed by atoms with Gasteiger partial charge in [-0.25, -0.2) is 18.5 Å². The van der Waals surface area contributed by atoms with Gasteiger partial charge in [0.1, 0.15) is 0 Å². The number of thioether (sulfide) groups is 1. The second-order valence-corrected chi connectivity index (χ2v) is 8.97. The summed E-state index contributed by atoms with van der Waals surface area (Å²) in [4.78, 5) is 17.2. The Balaban J connectivity index is 1.75. The summed E-state index contributed by atoms with van der Waals surface area (Å²) in [6.45, 7) is 6.17. The van der Waals surface area contributed by atoms with Crippen molar-refractivity contribution >= 4 is 44.4 Å². The maximum Gasteiger partial charge on any atom is 0.238 e. The number of hydrogen-bond acceptors (Lipinski definition) is 5. The summed E-state index contributed by atoms with van der Waals surface area (Å²) >= 11 is 1.35. The molecule has 0 bridgehead atoms. The van der Waals surface area contributed by atoms with Crippen molar-refractivity contribution in [1.82, 2.24) is 9.55 Å². The summed E-state index contributed by atoms with van der Waals surface area (Å²) in [5, 5.41) is 8.16. The second-order valence-electron chi connectivity index (χ2n) is 6.10. The van der Waals surface area contributed by atoms with Gasteiger partial charge in [0.25, 0.3) is 0 Å². The number of carbonyl (C=O) groups excluding carboxylic acids is 1. The van der Waals surface area contributed by atoms with Crippen LogP contribution in [0.2, 0.25) is 0 Å². The van der Waals surface area contributed by atoms with Gasteiger partial charge in [0.2, 0.25) is 15.9 Å². The van der Waals surface area contributed by atoms with E-state index in [0.29, 0.717) is 12.2 Å². The second kappa shape index (κ2) is 8.17. The van der Waals surface area contributed by atoms with Crippen molar-refractivity contribution in [2.75, 3.05) is 5.32 Å². The zero-order chi connectivity index (χ0) is 20.3. The smallest absolute Gasteiger partial charge is 0.238 e. The van der Waals surface area contributed by atoms with Crippen molar-refractivity contribution in [2.45, 2.75) is 28.8 Å². The predicted molar refractivity (Wildman–Crippen MR) is 112 cm³/mol. The number of primary sulfonamides is 1. The van der Waals surface area contributed by atoms with E-state index in [-0.39, 0.29) is 10.8 Å². The molecule has 3 rings (SSSR count). The third-order valence-electron chi connectivity index (χ3n) is 4.03. The minimum atomic E-state index is -3.76. The number of aromatic nitrogens is 2. The molecule has 146 valence electrons. The van der Waals surface area contributed by atoms with Crippen LogP contribution in [0.25, 0.3) is 11.0 Å². The molecular weight excluding hydrogens is 396 g/mol. The number of hydrogen-bond donors (Lipinski definition) is 2. The molecule has 3 N–H and O–H groups in total. The summed E-state index contributed by atoms with van der Waals surface area (Å²) < 4.78 is 24.6. The lowest BCUT2D eigenvalue weighted by atomic mass is 10.3. The van der Waals surface area contributed by atoms with E-state index < -0.39 is 15.3 Å². The van der Waals surface area contributed by atoms with Crippen LogP contribution in [0, 0.1) is 0 Å². The highest BCUT2D eigenvalue weighted by atomic mass is 32.2. The monoisotopic (exact) mass is 416 g/mol. The molecule has 7 nitrogen and oxygen atoms in total. The largest absolute Gasteiger partial charge is 0.325 e. The van der Waals surface area contributed by atoms with Gasteiger partial charge in [0.15, 0.2) is 5.16 Å². The van der Waals surface area contributed by atoms with Crippen molar-refractivity contribution in [3.05, 3.63) is 61.2 Å². The molecule has 28 heavy (non-hydrogen) atoms. The first-order valence-electron chi connectivity index (χ1n) is 8.46. The fourth-order valence-corrected chi connectivity index (χ4v) is 4.08. The van der Waals surface area contributed by atoms with Crippen molar-refractivity contribution in [2.24, 2.45) is 5.14 Å². The molecule has 1 aromatic heterocycles. The minimum absolute atomic E-state index is 0.00827. The fourth-order valence-electron chi connectivity index (χ4n) is 2.63. The highest BCUT2D eigenvalue weighted by Gasteiger charge is 2.19. The number of fused-ring (bicyclic) bond motifs is 1. The van der Waals surface area contributed by atoms with Gasteiger partial charge in [0, 0.05) is 12.2 Å². The molecule has 0 fully saturated rings. The highest BCUT2D eigenvalue weighted by molar-refractivity contribution is 8.00. The average molecular weight is 417 g/mol. The molecular formula is C19H20N4O3S2. The van der Waals surface area contributed by atoms with Gasteiger partial charge >= 0.3 is 0 Å². The summed E-state index contributed by atoms with van der Waals surface area (Å²) in [5.74, 6) is -0.217. The summed E-state index contributed by atoms with van der Waals surface area (Å²) in [5.41, 5.74) is 2.33. The molecule has 0 aliphatic heterocycles. The molecule has 9 heteroatoms. The highest BCUT2D eigenvalue weighted by Crippen LogP contribution is 2.28. The van der Waals surface area contributed by atoms with Crippen LogP contribution in [0.5, 0.6) is 0 Å². The van der Waals surface area contributed by atoms with Crippen LogP contribution in [-0.4, -0.2) is 29.1 Å². The lowest BCUT2D eigenvalue weighted by Gasteiger charge is -2.13. The summed E-state index contributed by atoms with van der Waals surface area (Å²) in [6, 6.07) is 13.5. The third-order valence-corrected chi connectivity index (χ3v) is 6.05. The van der Waals surface area contributed by atoms with Crippen LogP contribution in [0.4, 0.5) is 5.69 Å². The first-order valence-corrected chi connectivity index (χ1v) is 10.9. The minimum Gasteiger partial charge on any atom is -0.325 e. The van der Waals surface area contributed by atoms with Gasteiger partial charge in [-0.3, -0.25) is 4.79 Å². The Morgan fingerprint density at radius 2 is 1.96 bits per heavy atom. The Kier molecular flexibility index (Phi) is 5.87. The van der Waals surface area contributed by atoms with Gasteiger partial charge < -0.3 is 9.88 Å². The average Bonchev–Trinajstić information content (AvgIpc) is 2.99. The maximum absolute atomic E-state index is 12.6. The van der Waals surface area contributed by atoms with Gasteiger partial charge in [-0.2, -0.15) is 0 Å². The van der Waals surface area contributed by atoms with Crippen LogP contribution >= 0.6 is 11.8 Å². The molecule has 0 aliphatic carbocycles. The number of rotatable bonds is 7. The third kappa shape index (κ3) is 4.44. The van der Waals surface area contributed by atoms with Crippen molar-refractivity contribution in [1.29, 1.82) is 0 Å². The number of imidazole rings is 1. The molecule has 0 radical (unpaired) electrons. The number of nitrogens with zero attached hydrogens (tertiary/aromatic N) is 2. The number of para-hydroxylation sites is 2. The topological polar surface area (TPSA) is 107 Å². The van der Waals surface area contributed by atoms with Crippen LogP contribution in [-0.2, 0) is 21.4 Å². The Hall–Kier alpha value is -2.62. The quantitative estimate of drug-likeness (QED) is 0.455. The fraction of sp³-hybridized carbons (Fsp3) is 0.158. The summed E-state index contributed by atoms with van der Waals surface area (Å²) in [6.07, 6.45) is 1.79. The van der Waals surface area contributed by atoms with E-state index in [1.165, 1.54) is 36.0 Å². The van der Waals surface area contributed by atoms with Gasteiger partial charge in [-0.15, -0.1) is 6.58 Å². The molecule has 0 aliphatic rings. The van der Waals surface area contributed by atoms with E-state index >= 15 is 0 Å². The molecule has 0 saturated heterocycles. The number of nitrogens with one attached hydrogen (secondary N) is 1. The van der Waals surface area contributed by atoms with E-state index in [4.69, 9.17) is 5.14 Å². The van der Waals surface area contributed by atoms with Gasteiger partial charge in [-0.1, -0.05) is 30.0 Å². The summed E-state index contributed by atoms with van der Waals surface area (Å²) in [7, 11) is -3.76. The molecule has 1 heterocycles. The molecule has 0 saturated carbocycles. The van der Waals surface area contributed by atoms with Crippen LogP contribution < -0.4 is 10.5 Å². The molecule has 2 aromatic carbocycles. The molecule has 0 spiro atoms. The number of nitrogens with two attached hydrogens (primary N) is 1. The first kappa shape index (κ1) is 20.1. The van der Waals surface area contributed by atoms with E-state index in [0.717, 1.165) is 16.2 Å². The number of allylic oxidation sites excluding steroid dienone is 1. The first-order chi connectivity index (χ1) is 13.3. The Morgan fingerprint density at radius 1 is 1.29 bits per heavy atom. The molecule has 3 aromatic rings. The van der Waals surface area contributed by atoms with E-state index in [9.17, 15) is 13.2 Å². The van der Waals surface area contributed by atoms with Crippen molar-refractivity contribution < 1.29 is 13.2 Å². The normalized spacial score (nSPS) is 12.6. The molecule has 1 atom stereocenters. The zero-order valence-electron chi connectivity index (χ0n) is 15.2. The van der Waals surface area contributed by atoms with Crippen molar-refractivity contribution in [3.63, 3.8) is 0 Å². The van der Waals surface area contributed by atoms with Gasteiger partial charge in [-0.05, 0) is 43.3 Å². The maximum atomic E-state index is 12.6. The Morgan fingerprint density at radius 3 is 2.61 bits per heavy atom. The van der Waals surface area contributed by atoms with E-state index in [2.05, 4.69) is 16.9 Å². The lowest BCUT2D eigenvalue weighted by molar-refractivity contribution is -0.115. The predicted octanol–water partition coefficient (Wildman–Crippen LogP) is 2.99. The number of anilines is 1. The van der Waals surface area contributed by atoms with Crippen LogP contribution in [0.15, 0.2) is 71.2 Å². The van der Waals surface area contributed by atoms with Gasteiger partial charge in [0.05, 0.1) is 21.2 Å². The Labute approximate surface area is 167 Å². The van der Waals surface area contributed by atoms with E-state index in [1.807, 2.05) is 28.8 Å². The van der Waals surface area contributed by atoms with Crippen LogP contribution in [0.1, 0.15) is 6.92 Å².